The first kappa shape index (κ1) is 29.5. The van der Waals surface area contributed by atoms with E-state index >= 15 is 0 Å². The van der Waals surface area contributed by atoms with Crippen molar-refractivity contribution in [3.05, 3.63) is 48.1 Å². The quantitative estimate of drug-likeness (QED) is 0.367. The number of nitrogens with one attached hydrogen (secondary N) is 1. The molecule has 0 radical (unpaired) electrons. The van der Waals surface area contributed by atoms with Crippen LogP contribution in [-0.2, 0) is 18.6 Å². The second-order valence-electron chi connectivity index (χ2n) is 7.75. The molecule has 0 bridgehead atoms. The molecule has 1 saturated heterocycles. The van der Waals surface area contributed by atoms with Gasteiger partial charge in [-0.3, -0.25) is 14.6 Å². The molecule has 212 valence electrons. The predicted molar refractivity (Wildman–Crippen MR) is 131 cm³/mol. The normalized spacial score (nSPS) is 18.2. The monoisotopic (exact) mass is 575 g/mol. The Balaban J connectivity index is 0.00000205. The minimum absolute atomic E-state index is 0.0285. The maximum Gasteiger partial charge on any atom is 0.491 e. The molecule has 39 heavy (non-hydrogen) atoms. The smallest absolute Gasteiger partial charge is 0.442 e. The zero-order valence-corrected chi connectivity index (χ0v) is 21.9. The van der Waals surface area contributed by atoms with Gasteiger partial charge in [0.1, 0.15) is 18.1 Å². The van der Waals surface area contributed by atoms with E-state index in [1.54, 1.807) is 0 Å². The zero-order chi connectivity index (χ0) is 28.9. The first-order valence-electron chi connectivity index (χ1n) is 11.6. The average molecular weight is 575 g/mol. The summed E-state index contributed by atoms with van der Waals surface area (Å²) in [5, 5.41) is 5.52. The summed E-state index contributed by atoms with van der Waals surface area (Å²) in [6.45, 7) is 2.82. The predicted octanol–water partition coefficient (Wildman–Crippen LogP) is 3.70. The molecular formula is C22H25F3N5O8P. The number of anilines is 3. The van der Waals surface area contributed by atoms with E-state index in [2.05, 4.69) is 14.2 Å². The largest absolute Gasteiger partial charge is 0.491 e. The van der Waals surface area contributed by atoms with Gasteiger partial charge in [0.25, 0.3) is 0 Å². The van der Waals surface area contributed by atoms with Crippen molar-refractivity contribution in [1.82, 2.24) is 10.5 Å². The van der Waals surface area contributed by atoms with Crippen molar-refractivity contribution >= 4 is 42.9 Å². The van der Waals surface area contributed by atoms with E-state index in [1.165, 1.54) is 0 Å². The highest BCUT2D eigenvalue weighted by molar-refractivity contribution is 7.55. The molecule has 1 fully saturated rings. The van der Waals surface area contributed by atoms with Crippen molar-refractivity contribution in [2.45, 2.75) is 26.4 Å². The number of ketones is 1. The Morgan fingerprint density at radius 1 is 1.31 bits per heavy atom. The number of carbonyl (C=O) groups excluding carboxylic acids is 3. The van der Waals surface area contributed by atoms with Gasteiger partial charge >= 0.3 is 19.9 Å². The lowest BCUT2D eigenvalue weighted by atomic mass is 10.1. The number of ether oxygens (including phenoxy) is 1. The fraction of sp³-hybridized carbons (Fsp3) is 0.364. The van der Waals surface area contributed by atoms with Crippen LogP contribution in [0.4, 0.5) is 40.0 Å². The van der Waals surface area contributed by atoms with Crippen LogP contribution in [0.2, 0.25) is 0 Å². The van der Waals surface area contributed by atoms with Crippen molar-refractivity contribution in [2.75, 3.05) is 41.2 Å². The summed E-state index contributed by atoms with van der Waals surface area (Å²) in [5.41, 5.74) is -1.51. The molecule has 1 aromatic carbocycles. The van der Waals surface area contributed by atoms with Crippen molar-refractivity contribution in [3.8, 4) is 0 Å². The molecule has 17 heteroatoms. The summed E-state index contributed by atoms with van der Waals surface area (Å²) in [4.78, 5) is 47.3. The number of hydrogen-bond donors (Lipinski definition) is 2. The maximum absolute atomic E-state index is 15.0. The number of benzene rings is 1. The van der Waals surface area contributed by atoms with Crippen molar-refractivity contribution in [1.29, 1.82) is 0 Å². The summed E-state index contributed by atoms with van der Waals surface area (Å²) in [7, 11) is -3.77. The molecule has 0 spiro atoms. The lowest BCUT2D eigenvalue weighted by Crippen LogP contribution is -2.35. The van der Waals surface area contributed by atoms with Crippen LogP contribution in [0, 0.1) is 17.5 Å². The van der Waals surface area contributed by atoms with Gasteiger partial charge in [-0.05, 0) is 6.08 Å². The van der Waals surface area contributed by atoms with Crippen LogP contribution in [0.1, 0.15) is 20.3 Å². The molecule has 2 amide bonds. The molecule has 2 aliphatic rings. The Kier molecular flexibility index (Phi) is 9.24. The fourth-order valence-electron chi connectivity index (χ4n) is 3.66. The number of carbonyl (C=O) groups is 3. The van der Waals surface area contributed by atoms with Crippen LogP contribution in [0.3, 0.4) is 0 Å². The molecule has 0 saturated carbocycles. The summed E-state index contributed by atoms with van der Waals surface area (Å²) in [6.07, 6.45) is -0.447. The highest BCUT2D eigenvalue weighted by Gasteiger charge is 2.42. The second kappa shape index (κ2) is 12.2. The van der Waals surface area contributed by atoms with Gasteiger partial charge in [0.15, 0.2) is 29.1 Å². The summed E-state index contributed by atoms with van der Waals surface area (Å²) in [6, 6.07) is 1.76. The maximum atomic E-state index is 15.0. The van der Waals surface area contributed by atoms with E-state index < -0.39 is 68.0 Å². The number of hydrogen-bond acceptors (Lipinski definition) is 9. The first-order valence-corrected chi connectivity index (χ1v) is 13.1. The van der Waals surface area contributed by atoms with Gasteiger partial charge in [0.2, 0.25) is 0 Å². The number of cyclic esters (lactones) is 1. The van der Waals surface area contributed by atoms with Crippen LogP contribution in [0.25, 0.3) is 0 Å². The van der Waals surface area contributed by atoms with E-state index in [0.29, 0.717) is 15.6 Å². The molecule has 1 aromatic heterocycles. The van der Waals surface area contributed by atoms with Gasteiger partial charge in [-0.15, -0.1) is 0 Å². The number of halogens is 3. The molecule has 0 aliphatic carbocycles. The van der Waals surface area contributed by atoms with Gasteiger partial charge in [0.05, 0.1) is 18.8 Å². The molecule has 2 N–H and O–H groups in total. The standard InChI is InChI=1S/C20H19F3N5O8P.C2H6/c1-24-19(30)36-37(32,33)28(15-4-7-34-25-15)10-12-9-27(20(31)35-12)14-8-13(21)18(17(23)16(14)22)26-5-2-11(29)3-6-26;1-2/h2,4-5,7-8,12H,3,6,9-10H2,1H3,(H,24,30)(H,32,33);1-2H3. The van der Waals surface area contributed by atoms with Gasteiger partial charge in [-0.25, -0.2) is 32.0 Å². The van der Waals surface area contributed by atoms with Crippen LogP contribution < -0.4 is 19.8 Å². The van der Waals surface area contributed by atoms with Crippen molar-refractivity contribution in [2.24, 2.45) is 0 Å². The molecule has 13 nitrogen and oxygen atoms in total. The first-order chi connectivity index (χ1) is 18.5. The number of allylic oxidation sites excluding steroid dienone is 1. The second-order valence-corrected chi connectivity index (χ2v) is 9.40. The van der Waals surface area contributed by atoms with Crippen LogP contribution in [-0.4, -0.2) is 60.8 Å². The SMILES string of the molecule is CC.CNC(=O)OP(=O)(O)N(CC1CN(c2cc(F)c(N3C=CC(=O)CC3)c(F)c2F)C(=O)O1)c1ccon1. The number of rotatable bonds is 7. The van der Waals surface area contributed by atoms with Gasteiger partial charge in [0, 0.05) is 38.3 Å². The molecule has 4 rings (SSSR count). The topological polar surface area (TPSA) is 155 Å². The third-order valence-electron chi connectivity index (χ3n) is 5.38. The highest BCUT2D eigenvalue weighted by atomic mass is 31.2. The summed E-state index contributed by atoms with van der Waals surface area (Å²) < 4.78 is 72.3. The molecule has 2 atom stereocenters. The van der Waals surface area contributed by atoms with Crippen LogP contribution in [0.5, 0.6) is 0 Å². The Morgan fingerprint density at radius 3 is 2.62 bits per heavy atom. The van der Waals surface area contributed by atoms with Gasteiger partial charge < -0.3 is 24.0 Å². The fourth-order valence-corrected chi connectivity index (χ4v) is 4.81. The lowest BCUT2D eigenvalue weighted by Gasteiger charge is -2.27. The Labute approximate surface area is 220 Å². The van der Waals surface area contributed by atoms with Crippen molar-refractivity contribution in [3.63, 3.8) is 0 Å². The van der Waals surface area contributed by atoms with Crippen LogP contribution >= 0.6 is 7.75 Å². The average Bonchev–Trinajstić information content (AvgIpc) is 3.56. The summed E-state index contributed by atoms with van der Waals surface area (Å²) in [5.74, 6) is -4.86. The van der Waals surface area contributed by atoms with E-state index in [-0.39, 0.29) is 24.6 Å². The zero-order valence-electron chi connectivity index (χ0n) is 21.0. The van der Waals surface area contributed by atoms with E-state index in [4.69, 9.17) is 4.74 Å². The van der Waals surface area contributed by atoms with E-state index in [0.717, 1.165) is 36.6 Å². The van der Waals surface area contributed by atoms with E-state index in [1.807, 2.05) is 19.2 Å². The molecule has 2 unspecified atom stereocenters. The summed E-state index contributed by atoms with van der Waals surface area (Å²) >= 11 is 0. The molecular weight excluding hydrogens is 550 g/mol. The number of aromatic nitrogens is 1. The molecule has 2 aliphatic heterocycles. The lowest BCUT2D eigenvalue weighted by molar-refractivity contribution is -0.114. The van der Waals surface area contributed by atoms with Crippen molar-refractivity contribution < 1.29 is 50.8 Å². The number of amides is 2. The van der Waals surface area contributed by atoms with Gasteiger partial charge in [-0.1, -0.05) is 19.0 Å². The minimum Gasteiger partial charge on any atom is -0.442 e. The Morgan fingerprint density at radius 2 is 2.03 bits per heavy atom. The Hall–Kier alpha value is -4.04. The Bertz CT molecular complexity index is 1310. The van der Waals surface area contributed by atoms with Gasteiger partial charge in [-0.2, -0.15) is 0 Å². The highest BCUT2D eigenvalue weighted by Crippen LogP contribution is 2.49. The molecule has 2 aromatic rings. The third-order valence-corrected chi connectivity index (χ3v) is 6.77. The third kappa shape index (κ3) is 6.34. The van der Waals surface area contributed by atoms with E-state index in [9.17, 15) is 37.0 Å². The minimum atomic E-state index is -4.92. The van der Waals surface area contributed by atoms with Crippen LogP contribution in [0.15, 0.2) is 35.2 Å². The number of nitrogens with zero attached hydrogens (tertiary/aromatic N) is 4. The molecule has 3 heterocycles.